The van der Waals surface area contributed by atoms with Crippen molar-refractivity contribution < 1.29 is 19.3 Å². The molecule has 1 N–H and O–H groups in total. The summed E-state index contributed by atoms with van der Waals surface area (Å²) in [6, 6.07) is 21.9. The third kappa shape index (κ3) is 3.94. The van der Waals surface area contributed by atoms with E-state index in [1.165, 1.54) is 0 Å². The second-order valence-electron chi connectivity index (χ2n) is 7.67. The monoisotopic (exact) mass is 494 g/mol. The zero-order valence-corrected chi connectivity index (χ0v) is 19.2. The van der Waals surface area contributed by atoms with E-state index in [0.29, 0.717) is 5.75 Å². The highest BCUT2D eigenvalue weighted by atomic mass is 79.9. The maximum absolute atomic E-state index is 8.97. The number of nitrogens with zero attached hydrogens (tertiary/aromatic N) is 2. The molecule has 0 amide bonds. The summed E-state index contributed by atoms with van der Waals surface area (Å²) in [5.41, 5.74) is 4.19. The van der Waals surface area contributed by atoms with Gasteiger partial charge in [-0.05, 0) is 72.3 Å². The summed E-state index contributed by atoms with van der Waals surface area (Å²) in [6.45, 7) is 0.253. The molecule has 0 fully saturated rings. The predicted octanol–water partition coefficient (Wildman–Crippen LogP) is 5.07. The minimum absolute atomic E-state index is 0.0157. The van der Waals surface area contributed by atoms with Gasteiger partial charge in [-0.15, -0.1) is 0 Å². The molecular formula is C25H23BrN2O4. The average molecular weight is 495 g/mol. The Labute approximate surface area is 195 Å². The second-order valence-corrected chi connectivity index (χ2v) is 8.58. The summed E-state index contributed by atoms with van der Waals surface area (Å²) in [7, 11) is 1.67. The van der Waals surface area contributed by atoms with Gasteiger partial charge < -0.3 is 19.3 Å². The lowest BCUT2D eigenvalue weighted by Crippen LogP contribution is -2.33. The summed E-state index contributed by atoms with van der Waals surface area (Å²) in [5, 5.41) is 16.0. The van der Waals surface area contributed by atoms with Crippen LogP contribution in [0.3, 0.4) is 0 Å². The summed E-state index contributed by atoms with van der Waals surface area (Å²) in [6.07, 6.45) is 0.434. The van der Waals surface area contributed by atoms with E-state index in [0.717, 1.165) is 44.8 Å². The highest BCUT2D eigenvalue weighted by Gasteiger charge is 2.41. The Morgan fingerprint density at radius 1 is 1.06 bits per heavy atom. The number of methoxy groups -OCH3 is 1. The van der Waals surface area contributed by atoms with E-state index in [1.54, 1.807) is 7.11 Å². The molecule has 0 spiro atoms. The van der Waals surface area contributed by atoms with Crippen LogP contribution in [-0.4, -0.2) is 36.2 Å². The Morgan fingerprint density at radius 2 is 1.81 bits per heavy atom. The van der Waals surface area contributed by atoms with Crippen molar-refractivity contribution in [1.82, 2.24) is 5.01 Å². The molecule has 0 saturated heterocycles. The molecule has 6 nitrogen and oxygen atoms in total. The molecule has 2 aliphatic heterocycles. The molecule has 7 heteroatoms. The first-order valence-electron chi connectivity index (χ1n) is 10.5. The van der Waals surface area contributed by atoms with E-state index in [-0.39, 0.29) is 25.5 Å². The van der Waals surface area contributed by atoms with Gasteiger partial charge >= 0.3 is 0 Å². The van der Waals surface area contributed by atoms with E-state index in [2.05, 4.69) is 27.0 Å². The van der Waals surface area contributed by atoms with Gasteiger partial charge in [-0.2, -0.15) is 5.10 Å². The minimum atomic E-state index is -0.351. The Balaban J connectivity index is 1.50. The Morgan fingerprint density at radius 3 is 2.53 bits per heavy atom. The quantitative estimate of drug-likeness (QED) is 0.518. The van der Waals surface area contributed by atoms with Gasteiger partial charge in [0.1, 0.15) is 23.9 Å². The van der Waals surface area contributed by atoms with Crippen molar-refractivity contribution >= 4 is 21.6 Å². The van der Waals surface area contributed by atoms with Crippen LogP contribution in [0, 0.1) is 0 Å². The van der Waals surface area contributed by atoms with Crippen molar-refractivity contribution in [3.8, 4) is 17.2 Å². The van der Waals surface area contributed by atoms with E-state index in [1.807, 2.05) is 60.7 Å². The fourth-order valence-corrected chi connectivity index (χ4v) is 4.51. The number of rotatable bonds is 6. The lowest BCUT2D eigenvalue weighted by Gasteiger charge is -2.38. The molecule has 3 aromatic rings. The van der Waals surface area contributed by atoms with Crippen LogP contribution in [0.4, 0.5) is 0 Å². The molecule has 164 valence electrons. The van der Waals surface area contributed by atoms with Gasteiger partial charge in [0.25, 0.3) is 0 Å². The Hall–Kier alpha value is -3.03. The largest absolute Gasteiger partial charge is 0.497 e. The maximum atomic E-state index is 8.97. The van der Waals surface area contributed by atoms with Crippen LogP contribution >= 0.6 is 15.9 Å². The van der Waals surface area contributed by atoms with E-state index in [4.69, 9.17) is 24.4 Å². The zero-order valence-electron chi connectivity index (χ0n) is 17.6. The van der Waals surface area contributed by atoms with Gasteiger partial charge in [-0.3, -0.25) is 0 Å². The maximum Gasteiger partial charge on any atom is 0.213 e. The van der Waals surface area contributed by atoms with Gasteiger partial charge in [-0.25, -0.2) is 5.01 Å². The second kappa shape index (κ2) is 8.84. The first-order chi connectivity index (χ1) is 15.7. The van der Waals surface area contributed by atoms with Crippen molar-refractivity contribution in [3.63, 3.8) is 0 Å². The molecule has 0 unspecified atom stereocenters. The number of benzene rings is 3. The zero-order chi connectivity index (χ0) is 22.1. The summed E-state index contributed by atoms with van der Waals surface area (Å²) in [5.74, 6) is 2.40. The number of ether oxygens (including phenoxy) is 3. The van der Waals surface area contributed by atoms with Crippen LogP contribution in [-0.2, 0) is 0 Å². The lowest BCUT2D eigenvalue weighted by atomic mass is 9.96. The van der Waals surface area contributed by atoms with Gasteiger partial charge in [0, 0.05) is 22.0 Å². The van der Waals surface area contributed by atoms with Crippen molar-refractivity contribution in [1.29, 1.82) is 0 Å². The number of hydrogen-bond acceptors (Lipinski definition) is 6. The molecule has 0 bridgehead atoms. The number of aliphatic hydroxyl groups is 1. The van der Waals surface area contributed by atoms with Crippen LogP contribution in [0.1, 0.15) is 35.4 Å². The van der Waals surface area contributed by atoms with Crippen LogP contribution in [0.2, 0.25) is 0 Å². The highest BCUT2D eigenvalue weighted by molar-refractivity contribution is 9.10. The number of aliphatic hydroxyl groups excluding tert-OH is 1. The average Bonchev–Trinajstić information content (AvgIpc) is 3.29. The van der Waals surface area contributed by atoms with E-state index in [9.17, 15) is 0 Å². The number of hydrogen-bond donors (Lipinski definition) is 1. The lowest BCUT2D eigenvalue weighted by molar-refractivity contribution is -0.0191. The minimum Gasteiger partial charge on any atom is -0.497 e. The van der Waals surface area contributed by atoms with Crippen molar-refractivity contribution in [3.05, 3.63) is 87.9 Å². The fraction of sp³-hybridized carbons (Fsp3) is 0.240. The molecule has 0 aliphatic carbocycles. The number of hydrazone groups is 1. The first-order valence-corrected chi connectivity index (χ1v) is 11.3. The SMILES string of the molecule is COc1ccc(C2=NN3[C@H](C2)c2cc(Br)ccc2O[C@H]3c2ccc(OCCO)cc2)cc1. The van der Waals surface area contributed by atoms with Gasteiger partial charge in [0.05, 0.1) is 25.5 Å². The molecule has 5 rings (SSSR count). The topological polar surface area (TPSA) is 63.5 Å². The smallest absolute Gasteiger partial charge is 0.213 e. The molecule has 2 aliphatic rings. The molecule has 0 aromatic heterocycles. The van der Waals surface area contributed by atoms with Gasteiger partial charge in [0.15, 0.2) is 0 Å². The van der Waals surface area contributed by atoms with Crippen molar-refractivity contribution in [2.45, 2.75) is 18.7 Å². The van der Waals surface area contributed by atoms with Crippen LogP contribution < -0.4 is 14.2 Å². The molecule has 3 aromatic carbocycles. The molecule has 0 radical (unpaired) electrons. The number of fused-ring (bicyclic) bond motifs is 3. The third-order valence-electron chi connectivity index (χ3n) is 5.70. The van der Waals surface area contributed by atoms with Gasteiger partial charge in [0.2, 0.25) is 6.23 Å². The predicted molar refractivity (Wildman–Crippen MR) is 125 cm³/mol. The Kier molecular flexibility index (Phi) is 5.76. The Bertz CT molecular complexity index is 1130. The molecular weight excluding hydrogens is 472 g/mol. The molecule has 2 atom stereocenters. The van der Waals surface area contributed by atoms with Crippen LogP contribution in [0.15, 0.2) is 76.3 Å². The normalized spacial score (nSPS) is 19.0. The van der Waals surface area contributed by atoms with E-state index >= 15 is 0 Å². The van der Waals surface area contributed by atoms with Crippen molar-refractivity contribution in [2.75, 3.05) is 20.3 Å². The summed E-state index contributed by atoms with van der Waals surface area (Å²) < 4.78 is 18.2. The number of halogens is 1. The van der Waals surface area contributed by atoms with Crippen molar-refractivity contribution in [2.24, 2.45) is 5.10 Å². The van der Waals surface area contributed by atoms with Gasteiger partial charge in [-0.1, -0.05) is 15.9 Å². The van der Waals surface area contributed by atoms with Crippen LogP contribution in [0.25, 0.3) is 0 Å². The summed E-state index contributed by atoms with van der Waals surface area (Å²) >= 11 is 3.59. The standard InChI is InChI=1S/C25H23BrN2O4/c1-30-19-7-2-16(3-8-19)22-15-23-21-14-18(26)6-11-24(21)32-25(28(23)27-22)17-4-9-20(10-5-17)31-13-12-29/h2-11,14,23,25,29H,12-13,15H2,1H3/t23-,25+/m1/s1. The summed E-state index contributed by atoms with van der Waals surface area (Å²) in [4.78, 5) is 0. The molecule has 0 saturated carbocycles. The third-order valence-corrected chi connectivity index (χ3v) is 6.19. The first kappa shape index (κ1) is 20.8. The van der Waals surface area contributed by atoms with Crippen LogP contribution in [0.5, 0.6) is 17.2 Å². The molecule has 32 heavy (non-hydrogen) atoms. The van der Waals surface area contributed by atoms with E-state index < -0.39 is 0 Å². The highest BCUT2D eigenvalue weighted by Crippen LogP contribution is 2.48. The molecule has 2 heterocycles. The fourth-order valence-electron chi connectivity index (χ4n) is 4.13.